The van der Waals surface area contributed by atoms with Gasteiger partial charge in [-0.05, 0) is 44.0 Å². The van der Waals surface area contributed by atoms with Crippen LogP contribution in [0.3, 0.4) is 0 Å². The zero-order valence-electron chi connectivity index (χ0n) is 21.0. The van der Waals surface area contributed by atoms with Gasteiger partial charge in [0.25, 0.3) is 0 Å². The van der Waals surface area contributed by atoms with Crippen LogP contribution in [0.2, 0.25) is 0 Å². The highest BCUT2D eigenvalue weighted by Gasteiger charge is 2.35. The number of aromatic nitrogens is 3. The van der Waals surface area contributed by atoms with Gasteiger partial charge in [0, 0.05) is 55.4 Å². The molecular formula is C28H31FN6O2. The van der Waals surface area contributed by atoms with E-state index in [0.29, 0.717) is 25.1 Å². The first-order valence-electron chi connectivity index (χ1n) is 12.6. The number of piperidine rings is 1. The van der Waals surface area contributed by atoms with Gasteiger partial charge in [0.2, 0.25) is 11.8 Å². The van der Waals surface area contributed by atoms with Crippen molar-refractivity contribution in [2.45, 2.75) is 31.3 Å². The fourth-order valence-corrected chi connectivity index (χ4v) is 5.21. The predicted octanol–water partition coefficient (Wildman–Crippen LogP) is 1.60. The zero-order chi connectivity index (χ0) is 25.9. The number of hydrogen-bond acceptors (Lipinski definition) is 5. The smallest absolute Gasteiger partial charge is 0.244 e. The lowest BCUT2D eigenvalue weighted by molar-refractivity contribution is -0.135. The lowest BCUT2D eigenvalue weighted by Gasteiger charge is -2.39. The van der Waals surface area contributed by atoms with E-state index in [1.807, 2.05) is 29.2 Å². The number of aromatic amines is 1. The van der Waals surface area contributed by atoms with Gasteiger partial charge >= 0.3 is 0 Å². The van der Waals surface area contributed by atoms with Crippen LogP contribution in [0.25, 0.3) is 23.4 Å². The number of nitrogens with one attached hydrogen (secondary N) is 2. The lowest BCUT2D eigenvalue weighted by Crippen LogP contribution is -2.52. The summed E-state index contributed by atoms with van der Waals surface area (Å²) in [6, 6.07) is 9.34. The molecule has 2 aliphatic rings. The SMILES string of the molecule is CN(C)C(=O)C(c1ccccc1F)N1CCCC(NC(=O)C2C=c3c(-c4ccncc4)n[nH]c3=CC2)C1. The molecule has 192 valence electrons. The Morgan fingerprint density at radius 2 is 1.97 bits per heavy atom. The zero-order valence-corrected chi connectivity index (χ0v) is 21.0. The molecule has 2 amide bonds. The Balaban J connectivity index is 1.33. The molecule has 3 unspecified atom stereocenters. The molecule has 5 rings (SSSR count). The quantitative estimate of drug-likeness (QED) is 0.534. The summed E-state index contributed by atoms with van der Waals surface area (Å²) in [6.07, 6.45) is 9.60. The van der Waals surface area contributed by atoms with Crippen LogP contribution in [0.4, 0.5) is 4.39 Å². The minimum absolute atomic E-state index is 0.0583. The Labute approximate surface area is 214 Å². The summed E-state index contributed by atoms with van der Waals surface area (Å²) in [5.74, 6) is -0.964. The van der Waals surface area contributed by atoms with Gasteiger partial charge in [0.15, 0.2) is 0 Å². The monoisotopic (exact) mass is 502 g/mol. The second kappa shape index (κ2) is 10.6. The predicted molar refractivity (Wildman–Crippen MR) is 139 cm³/mol. The average molecular weight is 503 g/mol. The number of H-pyrrole nitrogens is 1. The Bertz CT molecular complexity index is 1400. The Morgan fingerprint density at radius 1 is 1.19 bits per heavy atom. The van der Waals surface area contributed by atoms with E-state index in [1.165, 1.54) is 11.0 Å². The average Bonchev–Trinajstić information content (AvgIpc) is 3.34. The molecule has 9 heteroatoms. The van der Waals surface area contributed by atoms with E-state index in [4.69, 9.17) is 0 Å². The number of hydrogen-bond donors (Lipinski definition) is 2. The van der Waals surface area contributed by atoms with E-state index >= 15 is 0 Å². The molecule has 0 spiro atoms. The van der Waals surface area contributed by atoms with Crippen LogP contribution in [-0.4, -0.2) is 70.0 Å². The van der Waals surface area contributed by atoms with Gasteiger partial charge in [-0.2, -0.15) is 5.10 Å². The fraction of sp³-hybridized carbons (Fsp3) is 0.357. The summed E-state index contributed by atoms with van der Waals surface area (Å²) >= 11 is 0. The number of nitrogens with zero attached hydrogens (tertiary/aromatic N) is 4. The molecule has 1 aliphatic heterocycles. The molecule has 2 aromatic heterocycles. The van der Waals surface area contributed by atoms with Crippen LogP contribution in [0.5, 0.6) is 0 Å². The standard InChI is InChI=1S/C28H31FN6O2/c1-34(2)28(37)26(21-7-3-4-8-23(21)29)35-15-5-6-20(17-35)31-27(36)19-9-10-24-22(16-19)25(33-32-24)18-11-13-30-14-12-18/h3-4,7-8,10-14,16,19-20,26,32H,5-6,9,15,17H2,1-2H3,(H,31,36). The Hall–Kier alpha value is -3.85. The third-order valence-electron chi connectivity index (χ3n) is 7.11. The van der Waals surface area contributed by atoms with E-state index in [1.54, 1.807) is 44.7 Å². The maximum absolute atomic E-state index is 14.7. The van der Waals surface area contributed by atoms with Gasteiger partial charge in [-0.1, -0.05) is 30.4 Å². The van der Waals surface area contributed by atoms with Crippen molar-refractivity contribution in [1.82, 2.24) is 30.3 Å². The van der Waals surface area contributed by atoms with Crippen LogP contribution in [0, 0.1) is 11.7 Å². The summed E-state index contributed by atoms with van der Waals surface area (Å²) in [5.41, 5.74) is 2.09. The summed E-state index contributed by atoms with van der Waals surface area (Å²) in [7, 11) is 3.36. The second-order valence-corrected chi connectivity index (χ2v) is 9.85. The highest BCUT2D eigenvalue weighted by molar-refractivity contribution is 5.86. The molecule has 1 aromatic carbocycles. The molecule has 3 atom stereocenters. The van der Waals surface area contributed by atoms with Crippen molar-refractivity contribution < 1.29 is 14.0 Å². The largest absolute Gasteiger partial charge is 0.352 e. The number of carbonyl (C=O) groups excluding carboxylic acids is 2. The molecule has 3 aromatic rings. The maximum atomic E-state index is 14.7. The van der Waals surface area contributed by atoms with Crippen LogP contribution >= 0.6 is 0 Å². The van der Waals surface area contributed by atoms with Crippen molar-refractivity contribution in [2.75, 3.05) is 27.2 Å². The molecule has 0 bridgehead atoms. The second-order valence-electron chi connectivity index (χ2n) is 9.85. The van der Waals surface area contributed by atoms with Gasteiger partial charge in [-0.25, -0.2) is 4.39 Å². The molecule has 0 radical (unpaired) electrons. The molecule has 1 fully saturated rings. The number of halogens is 1. The molecule has 2 N–H and O–H groups in total. The Kier molecular flexibility index (Phi) is 7.14. The van der Waals surface area contributed by atoms with Crippen molar-refractivity contribution in [3.63, 3.8) is 0 Å². The van der Waals surface area contributed by atoms with Crippen LogP contribution in [-0.2, 0) is 9.59 Å². The summed E-state index contributed by atoms with van der Waals surface area (Å²) in [5, 5.41) is 12.5. The number of pyridine rings is 1. The molecule has 1 saturated heterocycles. The molecular weight excluding hydrogens is 471 g/mol. The van der Waals surface area contributed by atoms with Crippen molar-refractivity contribution in [1.29, 1.82) is 0 Å². The van der Waals surface area contributed by atoms with Gasteiger partial charge in [0.05, 0.1) is 17.0 Å². The van der Waals surface area contributed by atoms with Gasteiger partial charge in [-0.15, -0.1) is 0 Å². The number of likely N-dealkylation sites (tertiary alicyclic amines) is 1. The Morgan fingerprint density at radius 3 is 2.73 bits per heavy atom. The summed E-state index contributed by atoms with van der Waals surface area (Å²) in [4.78, 5) is 34.0. The third-order valence-corrected chi connectivity index (χ3v) is 7.11. The number of benzene rings is 1. The highest BCUT2D eigenvalue weighted by atomic mass is 19.1. The number of amides is 2. The molecule has 37 heavy (non-hydrogen) atoms. The molecule has 8 nitrogen and oxygen atoms in total. The van der Waals surface area contributed by atoms with Crippen LogP contribution in [0.1, 0.15) is 30.9 Å². The molecule has 3 heterocycles. The van der Waals surface area contributed by atoms with Crippen molar-refractivity contribution in [2.24, 2.45) is 5.92 Å². The fourth-order valence-electron chi connectivity index (χ4n) is 5.21. The first-order valence-corrected chi connectivity index (χ1v) is 12.6. The normalized spacial score (nSPS) is 20.2. The van der Waals surface area contributed by atoms with Crippen molar-refractivity contribution >= 4 is 24.0 Å². The molecule has 0 saturated carbocycles. The van der Waals surface area contributed by atoms with Gasteiger partial charge < -0.3 is 10.2 Å². The van der Waals surface area contributed by atoms with E-state index in [-0.39, 0.29) is 23.8 Å². The number of carbonyl (C=O) groups is 2. The van der Waals surface area contributed by atoms with Crippen LogP contribution in [0.15, 0.2) is 48.8 Å². The van der Waals surface area contributed by atoms with Crippen LogP contribution < -0.4 is 15.9 Å². The van der Waals surface area contributed by atoms with E-state index in [9.17, 15) is 14.0 Å². The molecule has 1 aliphatic carbocycles. The van der Waals surface area contributed by atoms with Crippen molar-refractivity contribution in [3.05, 3.63) is 70.7 Å². The minimum atomic E-state index is -0.734. The highest BCUT2D eigenvalue weighted by Crippen LogP contribution is 2.28. The number of likely N-dealkylation sites (N-methyl/N-ethyl adjacent to an activating group) is 1. The first kappa shape index (κ1) is 24.8. The van der Waals surface area contributed by atoms with E-state index < -0.39 is 11.9 Å². The van der Waals surface area contributed by atoms with E-state index in [0.717, 1.165) is 34.7 Å². The number of fused-ring (bicyclic) bond motifs is 1. The maximum Gasteiger partial charge on any atom is 0.244 e. The number of rotatable bonds is 6. The minimum Gasteiger partial charge on any atom is -0.352 e. The topological polar surface area (TPSA) is 94.2 Å². The lowest BCUT2D eigenvalue weighted by atomic mass is 9.95. The van der Waals surface area contributed by atoms with Gasteiger partial charge in [0.1, 0.15) is 11.9 Å². The summed E-state index contributed by atoms with van der Waals surface area (Å²) in [6.45, 7) is 1.13. The summed E-state index contributed by atoms with van der Waals surface area (Å²) < 4.78 is 14.7. The van der Waals surface area contributed by atoms with E-state index in [2.05, 4.69) is 20.5 Å². The van der Waals surface area contributed by atoms with Gasteiger partial charge in [-0.3, -0.25) is 24.6 Å². The first-order chi connectivity index (χ1) is 17.9. The van der Waals surface area contributed by atoms with Crippen molar-refractivity contribution in [3.8, 4) is 11.3 Å². The third kappa shape index (κ3) is 5.17.